The lowest BCUT2D eigenvalue weighted by molar-refractivity contribution is -0.384. The quantitative estimate of drug-likeness (QED) is 0.176. The molecule has 0 unspecified atom stereocenters. The second-order valence-electron chi connectivity index (χ2n) is 8.08. The first-order valence-electron chi connectivity index (χ1n) is 11.9. The van der Waals surface area contributed by atoms with Gasteiger partial charge in [-0.3, -0.25) is 14.9 Å². The van der Waals surface area contributed by atoms with Gasteiger partial charge in [0.05, 0.1) is 22.3 Å². The standard InChI is InChI=1S/C27H27N3O6S2/c1-2-34-25-15-20(5-12-24(25)36-17-19-3-8-22(9-4-19)30(32)33)16-28-29-26(31)18-35-23-10-6-21(7-11-23)27-37-13-14-38-27/h3-12,15-16,27H,2,13-14,17-18H2,1H3,(H,29,31)/b28-16-. The molecular weight excluding hydrogens is 526 g/mol. The number of benzene rings is 3. The molecule has 0 radical (unpaired) electrons. The predicted molar refractivity (Wildman–Crippen MR) is 150 cm³/mol. The van der Waals surface area contributed by atoms with Gasteiger partial charge in [-0.1, -0.05) is 12.1 Å². The molecule has 1 saturated heterocycles. The maximum absolute atomic E-state index is 12.1. The molecule has 0 aromatic heterocycles. The van der Waals surface area contributed by atoms with E-state index in [1.54, 1.807) is 30.3 Å². The van der Waals surface area contributed by atoms with Crippen molar-refractivity contribution in [3.63, 3.8) is 0 Å². The minimum absolute atomic E-state index is 0.0257. The van der Waals surface area contributed by atoms with Crippen LogP contribution in [0.4, 0.5) is 5.69 Å². The second kappa shape index (κ2) is 13.7. The highest BCUT2D eigenvalue weighted by Gasteiger charge is 2.18. The van der Waals surface area contributed by atoms with Crippen molar-refractivity contribution in [2.75, 3.05) is 24.7 Å². The van der Waals surface area contributed by atoms with E-state index in [-0.39, 0.29) is 24.8 Å². The average Bonchev–Trinajstić information content (AvgIpc) is 3.47. The molecule has 3 aromatic rings. The number of non-ortho nitro benzene ring substituents is 1. The van der Waals surface area contributed by atoms with Gasteiger partial charge in [-0.2, -0.15) is 5.10 Å². The summed E-state index contributed by atoms with van der Waals surface area (Å²) in [5.74, 6) is 3.64. The van der Waals surface area contributed by atoms with Crippen LogP contribution in [0.3, 0.4) is 0 Å². The number of carbonyl (C=O) groups excluding carboxylic acids is 1. The molecule has 3 aromatic carbocycles. The Hall–Kier alpha value is -3.70. The Labute approximate surface area is 229 Å². The van der Waals surface area contributed by atoms with E-state index in [0.717, 1.165) is 5.56 Å². The van der Waals surface area contributed by atoms with Crippen molar-refractivity contribution < 1.29 is 23.9 Å². The summed E-state index contributed by atoms with van der Waals surface area (Å²) < 4.78 is 17.6. The van der Waals surface area contributed by atoms with Crippen molar-refractivity contribution in [3.05, 3.63) is 93.5 Å². The highest BCUT2D eigenvalue weighted by molar-refractivity contribution is 8.19. The Kier molecular flexibility index (Phi) is 9.88. The van der Waals surface area contributed by atoms with Crippen LogP contribution in [0.1, 0.15) is 28.2 Å². The lowest BCUT2D eigenvalue weighted by Crippen LogP contribution is -2.24. The molecule has 4 rings (SSSR count). The molecular formula is C27H27N3O6S2. The largest absolute Gasteiger partial charge is 0.490 e. The number of nitrogens with one attached hydrogen (secondary N) is 1. The number of nitro benzene ring substituents is 1. The number of amides is 1. The molecule has 1 aliphatic rings. The maximum Gasteiger partial charge on any atom is 0.277 e. The van der Waals surface area contributed by atoms with E-state index >= 15 is 0 Å². The number of hydrazone groups is 1. The Bertz CT molecular complexity index is 1260. The van der Waals surface area contributed by atoms with E-state index in [2.05, 4.69) is 10.5 Å². The van der Waals surface area contributed by atoms with Crippen molar-refractivity contribution >= 4 is 41.3 Å². The summed E-state index contributed by atoms with van der Waals surface area (Å²) in [6.07, 6.45) is 1.51. The van der Waals surface area contributed by atoms with Gasteiger partial charge in [0.15, 0.2) is 18.1 Å². The number of nitrogens with zero attached hydrogens (tertiary/aromatic N) is 2. The molecule has 1 N–H and O–H groups in total. The summed E-state index contributed by atoms with van der Waals surface area (Å²) in [5, 5.41) is 14.8. The zero-order chi connectivity index (χ0) is 26.7. The van der Waals surface area contributed by atoms with Crippen molar-refractivity contribution in [2.24, 2.45) is 5.10 Å². The number of nitro groups is 1. The van der Waals surface area contributed by atoms with Crippen LogP contribution in [-0.2, 0) is 11.4 Å². The topological polar surface area (TPSA) is 112 Å². The Morgan fingerprint density at radius 3 is 2.45 bits per heavy atom. The monoisotopic (exact) mass is 553 g/mol. The highest BCUT2D eigenvalue weighted by atomic mass is 32.2. The molecule has 38 heavy (non-hydrogen) atoms. The molecule has 1 fully saturated rings. The van der Waals surface area contributed by atoms with Gasteiger partial charge in [-0.25, -0.2) is 5.43 Å². The van der Waals surface area contributed by atoms with Gasteiger partial charge in [0.2, 0.25) is 0 Å². The Morgan fingerprint density at radius 2 is 1.76 bits per heavy atom. The van der Waals surface area contributed by atoms with E-state index in [4.69, 9.17) is 14.2 Å². The summed E-state index contributed by atoms with van der Waals surface area (Å²) in [4.78, 5) is 22.5. The third kappa shape index (κ3) is 7.90. The Morgan fingerprint density at radius 1 is 1.03 bits per heavy atom. The van der Waals surface area contributed by atoms with Crippen LogP contribution in [0, 0.1) is 10.1 Å². The number of hydrogen-bond donors (Lipinski definition) is 1. The zero-order valence-electron chi connectivity index (χ0n) is 20.7. The number of thioether (sulfide) groups is 2. The summed E-state index contributed by atoms with van der Waals surface area (Å²) in [7, 11) is 0. The number of carbonyl (C=O) groups is 1. The molecule has 9 nitrogen and oxygen atoms in total. The van der Waals surface area contributed by atoms with E-state index in [1.807, 2.05) is 54.7 Å². The predicted octanol–water partition coefficient (Wildman–Crippen LogP) is 5.58. The lowest BCUT2D eigenvalue weighted by Gasteiger charge is -2.12. The first-order valence-corrected chi connectivity index (χ1v) is 14.0. The zero-order valence-corrected chi connectivity index (χ0v) is 22.3. The van der Waals surface area contributed by atoms with Gasteiger partial charge in [-0.15, -0.1) is 23.5 Å². The van der Waals surface area contributed by atoms with Gasteiger partial charge in [0.1, 0.15) is 12.4 Å². The van der Waals surface area contributed by atoms with Crippen molar-refractivity contribution in [1.82, 2.24) is 5.43 Å². The van der Waals surface area contributed by atoms with Gasteiger partial charge in [0.25, 0.3) is 11.6 Å². The third-order valence-electron chi connectivity index (χ3n) is 5.36. The van der Waals surface area contributed by atoms with Gasteiger partial charge >= 0.3 is 0 Å². The molecule has 0 saturated carbocycles. The van der Waals surface area contributed by atoms with E-state index in [1.165, 1.54) is 35.4 Å². The first-order chi connectivity index (χ1) is 18.5. The SMILES string of the molecule is CCOc1cc(/C=N\NC(=O)COc2ccc(C3SCCS3)cc2)ccc1OCc1ccc([N+](=O)[O-])cc1. The number of rotatable bonds is 12. The summed E-state index contributed by atoms with van der Waals surface area (Å²) in [6.45, 7) is 2.37. The number of hydrogen-bond acceptors (Lipinski definition) is 9. The van der Waals surface area contributed by atoms with Gasteiger partial charge < -0.3 is 14.2 Å². The minimum Gasteiger partial charge on any atom is -0.490 e. The fourth-order valence-corrected chi connectivity index (χ4v) is 6.36. The van der Waals surface area contributed by atoms with Crippen LogP contribution in [0.2, 0.25) is 0 Å². The van der Waals surface area contributed by atoms with Crippen molar-refractivity contribution in [2.45, 2.75) is 18.1 Å². The highest BCUT2D eigenvalue weighted by Crippen LogP contribution is 2.45. The summed E-state index contributed by atoms with van der Waals surface area (Å²) in [5.41, 5.74) is 5.24. The van der Waals surface area contributed by atoms with E-state index in [9.17, 15) is 14.9 Å². The maximum atomic E-state index is 12.1. The Balaban J connectivity index is 1.26. The van der Waals surface area contributed by atoms with Crippen LogP contribution >= 0.6 is 23.5 Å². The summed E-state index contributed by atoms with van der Waals surface area (Å²) >= 11 is 3.88. The van der Waals surface area contributed by atoms with Crippen LogP contribution in [0.25, 0.3) is 0 Å². The first kappa shape index (κ1) is 27.3. The molecule has 1 amide bonds. The normalized spacial score (nSPS) is 13.4. The van der Waals surface area contributed by atoms with Crippen molar-refractivity contribution in [1.29, 1.82) is 0 Å². The number of ether oxygens (including phenoxy) is 3. The van der Waals surface area contributed by atoms with Crippen LogP contribution in [-0.4, -0.2) is 41.8 Å². The average molecular weight is 554 g/mol. The van der Waals surface area contributed by atoms with Gasteiger partial charge in [-0.05, 0) is 66.1 Å². The lowest BCUT2D eigenvalue weighted by atomic mass is 10.2. The van der Waals surface area contributed by atoms with Crippen LogP contribution in [0.5, 0.6) is 17.2 Å². The second-order valence-corrected chi connectivity index (χ2v) is 10.8. The molecule has 11 heteroatoms. The summed E-state index contributed by atoms with van der Waals surface area (Å²) in [6, 6.07) is 19.3. The molecule has 0 aliphatic carbocycles. The minimum atomic E-state index is -0.443. The molecule has 198 valence electrons. The fourth-order valence-electron chi connectivity index (χ4n) is 3.50. The molecule has 1 heterocycles. The third-order valence-corrected chi connectivity index (χ3v) is 8.46. The van der Waals surface area contributed by atoms with E-state index in [0.29, 0.717) is 34.0 Å². The molecule has 0 atom stereocenters. The van der Waals surface area contributed by atoms with Crippen LogP contribution < -0.4 is 19.6 Å². The molecule has 0 spiro atoms. The van der Waals surface area contributed by atoms with Crippen LogP contribution in [0.15, 0.2) is 71.8 Å². The van der Waals surface area contributed by atoms with E-state index < -0.39 is 4.92 Å². The fraction of sp³-hybridized carbons (Fsp3) is 0.259. The smallest absolute Gasteiger partial charge is 0.277 e. The molecule has 0 bridgehead atoms. The molecule has 1 aliphatic heterocycles. The van der Waals surface area contributed by atoms with Crippen molar-refractivity contribution in [3.8, 4) is 17.2 Å². The van der Waals surface area contributed by atoms with Gasteiger partial charge in [0, 0.05) is 23.6 Å².